The summed E-state index contributed by atoms with van der Waals surface area (Å²) in [5, 5.41) is 0. The van der Waals surface area contributed by atoms with Gasteiger partial charge in [-0.1, -0.05) is 0 Å². The van der Waals surface area contributed by atoms with E-state index in [1.165, 1.54) is 0 Å². The third kappa shape index (κ3) is 1.49. The molecule has 76 valence electrons. The fourth-order valence-corrected chi connectivity index (χ4v) is 2.13. The van der Waals surface area contributed by atoms with E-state index in [4.69, 9.17) is 0 Å². The predicted molar refractivity (Wildman–Crippen MR) is 61.1 cm³/mol. The van der Waals surface area contributed by atoms with Crippen molar-refractivity contribution in [2.75, 3.05) is 0 Å². The lowest BCUT2D eigenvalue weighted by molar-refractivity contribution is 0.954. The van der Waals surface area contributed by atoms with Crippen LogP contribution in [0, 0.1) is 0 Å². The van der Waals surface area contributed by atoms with Crippen LogP contribution < -0.4 is 5.56 Å². The molecule has 3 rings (SSSR count). The third-order valence-corrected chi connectivity index (χ3v) is 3.28. The fraction of sp³-hybridized carbons (Fsp3) is 0.273. The Bertz CT molecular complexity index is 587. The Morgan fingerprint density at radius 2 is 2.27 bits per heavy atom. The molecule has 0 unspecified atom stereocenters. The van der Waals surface area contributed by atoms with Gasteiger partial charge in [-0.15, -0.1) is 0 Å². The SMILES string of the molecule is O=c1cc(C2CC2)nc2c(Br)cccn12. The number of hydrogen-bond acceptors (Lipinski definition) is 2. The van der Waals surface area contributed by atoms with E-state index in [-0.39, 0.29) is 5.56 Å². The Hall–Kier alpha value is -1.16. The van der Waals surface area contributed by atoms with Gasteiger partial charge in [-0.3, -0.25) is 9.20 Å². The van der Waals surface area contributed by atoms with Crippen LogP contribution in [0.15, 0.2) is 33.7 Å². The number of nitrogens with zero attached hydrogens (tertiary/aromatic N) is 2. The van der Waals surface area contributed by atoms with E-state index in [2.05, 4.69) is 20.9 Å². The number of pyridine rings is 1. The lowest BCUT2D eigenvalue weighted by atomic mass is 10.3. The average molecular weight is 265 g/mol. The largest absolute Gasteiger partial charge is 0.269 e. The number of halogens is 1. The van der Waals surface area contributed by atoms with Crippen LogP contribution in [0.4, 0.5) is 0 Å². The van der Waals surface area contributed by atoms with Gasteiger partial charge in [-0.25, -0.2) is 4.98 Å². The molecule has 2 heterocycles. The molecule has 3 nitrogen and oxygen atoms in total. The van der Waals surface area contributed by atoms with E-state index < -0.39 is 0 Å². The first-order valence-corrected chi connectivity index (χ1v) is 5.73. The second-order valence-corrected chi connectivity index (χ2v) is 4.70. The molecule has 2 aromatic rings. The lowest BCUT2D eigenvalue weighted by Crippen LogP contribution is -2.15. The maximum Gasteiger partial charge on any atom is 0.258 e. The summed E-state index contributed by atoms with van der Waals surface area (Å²) in [6.07, 6.45) is 4.06. The van der Waals surface area contributed by atoms with Gasteiger partial charge in [0.15, 0.2) is 5.65 Å². The quantitative estimate of drug-likeness (QED) is 0.793. The van der Waals surface area contributed by atoms with Crippen LogP contribution in [0.3, 0.4) is 0 Å². The number of fused-ring (bicyclic) bond motifs is 1. The minimum absolute atomic E-state index is 0.00296. The van der Waals surface area contributed by atoms with Crippen LogP contribution >= 0.6 is 15.9 Å². The molecule has 0 N–H and O–H groups in total. The standard InChI is InChI=1S/C11H9BrN2O/c12-8-2-1-5-14-10(15)6-9(7-3-4-7)13-11(8)14/h1-2,5-7H,3-4H2. The Labute approximate surface area is 94.9 Å². The zero-order valence-electron chi connectivity index (χ0n) is 7.98. The van der Waals surface area contributed by atoms with E-state index in [1.54, 1.807) is 16.7 Å². The summed E-state index contributed by atoms with van der Waals surface area (Å²) < 4.78 is 2.43. The smallest absolute Gasteiger partial charge is 0.258 e. The first kappa shape index (κ1) is 9.09. The highest BCUT2D eigenvalue weighted by molar-refractivity contribution is 9.10. The molecule has 0 bridgehead atoms. The van der Waals surface area contributed by atoms with Gasteiger partial charge in [-0.05, 0) is 40.9 Å². The van der Waals surface area contributed by atoms with E-state index in [0.29, 0.717) is 11.6 Å². The number of hydrogen-bond donors (Lipinski definition) is 0. The summed E-state index contributed by atoms with van der Waals surface area (Å²) in [7, 11) is 0. The molecule has 1 fully saturated rings. The van der Waals surface area contributed by atoms with Crippen molar-refractivity contribution < 1.29 is 0 Å². The summed E-state index contributed by atoms with van der Waals surface area (Å²) in [5.41, 5.74) is 1.65. The van der Waals surface area contributed by atoms with E-state index in [1.807, 2.05) is 12.1 Å². The van der Waals surface area contributed by atoms with Gasteiger partial charge in [0, 0.05) is 18.2 Å². The van der Waals surface area contributed by atoms with Crippen molar-refractivity contribution in [1.29, 1.82) is 0 Å². The number of aromatic nitrogens is 2. The topological polar surface area (TPSA) is 34.4 Å². The molecule has 0 aliphatic heterocycles. The molecule has 0 aromatic carbocycles. The molecular formula is C11H9BrN2O. The first-order chi connectivity index (χ1) is 7.25. The highest BCUT2D eigenvalue weighted by atomic mass is 79.9. The van der Waals surface area contributed by atoms with Crippen molar-refractivity contribution in [3.05, 3.63) is 44.9 Å². The van der Waals surface area contributed by atoms with Crippen LogP contribution in [0.5, 0.6) is 0 Å². The van der Waals surface area contributed by atoms with Gasteiger partial charge < -0.3 is 0 Å². The lowest BCUT2D eigenvalue weighted by Gasteiger charge is -2.03. The van der Waals surface area contributed by atoms with Gasteiger partial charge in [0.05, 0.1) is 10.2 Å². The summed E-state index contributed by atoms with van der Waals surface area (Å²) in [6, 6.07) is 5.38. The zero-order valence-corrected chi connectivity index (χ0v) is 9.57. The van der Waals surface area contributed by atoms with Gasteiger partial charge in [0.1, 0.15) is 0 Å². The predicted octanol–water partition coefficient (Wildman–Crippen LogP) is 2.33. The molecule has 1 aliphatic rings. The summed E-state index contributed by atoms with van der Waals surface area (Å²) in [4.78, 5) is 16.3. The monoisotopic (exact) mass is 264 g/mol. The molecule has 4 heteroatoms. The zero-order chi connectivity index (χ0) is 10.4. The van der Waals surface area contributed by atoms with Crippen LogP contribution in [0.2, 0.25) is 0 Å². The molecule has 15 heavy (non-hydrogen) atoms. The Balaban J connectivity index is 2.37. The Morgan fingerprint density at radius 1 is 1.47 bits per heavy atom. The van der Waals surface area contributed by atoms with E-state index in [9.17, 15) is 4.79 Å². The van der Waals surface area contributed by atoms with Crippen molar-refractivity contribution in [2.45, 2.75) is 18.8 Å². The minimum Gasteiger partial charge on any atom is -0.269 e. The van der Waals surface area contributed by atoms with Gasteiger partial charge in [0.25, 0.3) is 5.56 Å². The molecule has 0 radical (unpaired) electrons. The summed E-state index contributed by atoms with van der Waals surface area (Å²) in [5.74, 6) is 0.509. The second kappa shape index (κ2) is 3.17. The summed E-state index contributed by atoms with van der Waals surface area (Å²) >= 11 is 3.41. The van der Waals surface area contributed by atoms with Crippen LogP contribution in [-0.4, -0.2) is 9.38 Å². The molecule has 1 aliphatic carbocycles. The van der Waals surface area contributed by atoms with Crippen molar-refractivity contribution in [3.8, 4) is 0 Å². The Morgan fingerprint density at radius 3 is 3.00 bits per heavy atom. The van der Waals surface area contributed by atoms with Gasteiger partial charge >= 0.3 is 0 Å². The van der Waals surface area contributed by atoms with Crippen molar-refractivity contribution in [2.24, 2.45) is 0 Å². The fourth-order valence-electron chi connectivity index (χ4n) is 1.70. The molecule has 1 saturated carbocycles. The molecule has 0 saturated heterocycles. The normalized spacial score (nSPS) is 15.8. The molecule has 0 spiro atoms. The van der Waals surface area contributed by atoms with Gasteiger partial charge in [0.2, 0.25) is 0 Å². The van der Waals surface area contributed by atoms with Gasteiger partial charge in [-0.2, -0.15) is 0 Å². The maximum atomic E-state index is 11.8. The molecule has 0 amide bonds. The molecule has 0 atom stereocenters. The Kier molecular flexibility index (Phi) is 1.92. The first-order valence-electron chi connectivity index (χ1n) is 4.93. The number of rotatable bonds is 1. The van der Waals surface area contributed by atoms with Crippen molar-refractivity contribution in [3.63, 3.8) is 0 Å². The highest BCUT2D eigenvalue weighted by Crippen LogP contribution is 2.38. The van der Waals surface area contributed by atoms with E-state index in [0.717, 1.165) is 23.0 Å². The van der Waals surface area contributed by atoms with E-state index >= 15 is 0 Å². The third-order valence-electron chi connectivity index (χ3n) is 2.66. The van der Waals surface area contributed by atoms with Crippen LogP contribution in [-0.2, 0) is 0 Å². The average Bonchev–Trinajstić information content (AvgIpc) is 3.02. The molecular weight excluding hydrogens is 256 g/mol. The minimum atomic E-state index is 0.00296. The van der Waals surface area contributed by atoms with Crippen LogP contribution in [0.1, 0.15) is 24.5 Å². The van der Waals surface area contributed by atoms with Crippen molar-refractivity contribution in [1.82, 2.24) is 9.38 Å². The molecule has 2 aromatic heterocycles. The van der Waals surface area contributed by atoms with Crippen LogP contribution in [0.25, 0.3) is 5.65 Å². The second-order valence-electron chi connectivity index (χ2n) is 3.84. The highest BCUT2D eigenvalue weighted by Gasteiger charge is 2.25. The van der Waals surface area contributed by atoms with Crippen molar-refractivity contribution >= 4 is 21.6 Å². The summed E-state index contributed by atoms with van der Waals surface area (Å²) in [6.45, 7) is 0. The maximum absolute atomic E-state index is 11.8.